The van der Waals surface area contributed by atoms with Crippen molar-refractivity contribution in [1.82, 2.24) is 10.2 Å². The Bertz CT molecular complexity index is 411. The number of likely N-dealkylation sites (tertiary alicyclic amines) is 1. The second-order valence-corrected chi connectivity index (χ2v) is 5.24. The quantitative estimate of drug-likeness (QED) is 0.811. The smallest absolute Gasteiger partial charge is 0.251 e. The van der Waals surface area contributed by atoms with Gasteiger partial charge < -0.3 is 15.0 Å². The maximum absolute atomic E-state index is 11.9. The van der Waals surface area contributed by atoms with Crippen LogP contribution in [0.2, 0.25) is 0 Å². The molecule has 1 aromatic carbocycles. The highest BCUT2D eigenvalue weighted by molar-refractivity contribution is 5.94. The molecule has 1 N–H and O–H groups in total. The number of piperidine rings is 1. The molecule has 0 spiro atoms. The van der Waals surface area contributed by atoms with Crippen molar-refractivity contribution in [2.24, 2.45) is 0 Å². The summed E-state index contributed by atoms with van der Waals surface area (Å²) in [4.78, 5) is 14.4. The van der Waals surface area contributed by atoms with E-state index in [9.17, 15) is 4.79 Å². The van der Waals surface area contributed by atoms with Crippen molar-refractivity contribution in [2.45, 2.75) is 25.7 Å². The number of carbonyl (C=O) groups is 1. The van der Waals surface area contributed by atoms with Gasteiger partial charge in [0.05, 0.1) is 7.11 Å². The third-order valence-corrected chi connectivity index (χ3v) is 3.74. The first-order valence-corrected chi connectivity index (χ1v) is 7.44. The zero-order valence-corrected chi connectivity index (χ0v) is 12.2. The van der Waals surface area contributed by atoms with E-state index in [0.29, 0.717) is 5.56 Å². The fraction of sp³-hybridized carbons (Fsp3) is 0.562. The molecule has 1 saturated heterocycles. The van der Waals surface area contributed by atoms with E-state index in [2.05, 4.69) is 10.2 Å². The van der Waals surface area contributed by atoms with E-state index in [1.165, 1.54) is 32.4 Å². The summed E-state index contributed by atoms with van der Waals surface area (Å²) < 4.78 is 5.08. The van der Waals surface area contributed by atoms with Gasteiger partial charge in [-0.3, -0.25) is 4.79 Å². The van der Waals surface area contributed by atoms with E-state index in [4.69, 9.17) is 4.74 Å². The van der Waals surface area contributed by atoms with Crippen LogP contribution in [0.15, 0.2) is 24.3 Å². The Morgan fingerprint density at radius 1 is 1.20 bits per heavy atom. The highest BCUT2D eigenvalue weighted by Crippen LogP contribution is 2.11. The molecule has 20 heavy (non-hydrogen) atoms. The molecule has 0 bridgehead atoms. The minimum absolute atomic E-state index is 0.00806. The van der Waals surface area contributed by atoms with Crippen molar-refractivity contribution in [3.8, 4) is 5.75 Å². The van der Waals surface area contributed by atoms with E-state index in [0.717, 1.165) is 25.3 Å². The molecule has 4 nitrogen and oxygen atoms in total. The van der Waals surface area contributed by atoms with E-state index in [-0.39, 0.29) is 5.91 Å². The van der Waals surface area contributed by atoms with Crippen LogP contribution in [0.3, 0.4) is 0 Å². The summed E-state index contributed by atoms with van der Waals surface area (Å²) in [6, 6.07) is 7.20. The number of hydrogen-bond acceptors (Lipinski definition) is 3. The van der Waals surface area contributed by atoms with Gasteiger partial charge in [-0.15, -0.1) is 0 Å². The molecular weight excluding hydrogens is 252 g/mol. The van der Waals surface area contributed by atoms with Gasteiger partial charge in [0.15, 0.2) is 0 Å². The van der Waals surface area contributed by atoms with Crippen molar-refractivity contribution in [3.05, 3.63) is 29.8 Å². The standard InChI is InChI=1S/C16H24N2O2/c1-20-15-8-6-14(7-9-15)16(19)17-10-5-13-18-11-3-2-4-12-18/h6-9H,2-5,10-13H2,1H3,(H,17,19). The molecule has 1 aliphatic heterocycles. The molecule has 2 rings (SSSR count). The van der Waals surface area contributed by atoms with Gasteiger partial charge in [-0.05, 0) is 63.2 Å². The normalized spacial score (nSPS) is 15.8. The van der Waals surface area contributed by atoms with Gasteiger partial charge in [0.1, 0.15) is 5.75 Å². The van der Waals surface area contributed by atoms with E-state index < -0.39 is 0 Å². The van der Waals surface area contributed by atoms with Gasteiger partial charge in [-0.2, -0.15) is 0 Å². The van der Waals surface area contributed by atoms with Crippen molar-refractivity contribution >= 4 is 5.91 Å². The predicted molar refractivity (Wildman–Crippen MR) is 80.2 cm³/mol. The molecule has 0 atom stereocenters. The third-order valence-electron chi connectivity index (χ3n) is 3.74. The maximum atomic E-state index is 11.9. The first-order valence-electron chi connectivity index (χ1n) is 7.44. The summed E-state index contributed by atoms with van der Waals surface area (Å²) in [5.41, 5.74) is 0.684. The fourth-order valence-corrected chi connectivity index (χ4v) is 2.53. The number of nitrogens with one attached hydrogen (secondary N) is 1. The number of hydrogen-bond donors (Lipinski definition) is 1. The molecule has 1 aromatic rings. The molecule has 0 unspecified atom stereocenters. The summed E-state index contributed by atoms with van der Waals surface area (Å²) >= 11 is 0. The van der Waals surface area contributed by atoms with Gasteiger partial charge in [-0.25, -0.2) is 0 Å². The Hall–Kier alpha value is -1.55. The van der Waals surface area contributed by atoms with E-state index in [1.54, 1.807) is 19.2 Å². The summed E-state index contributed by atoms with van der Waals surface area (Å²) in [6.07, 6.45) is 5.02. The lowest BCUT2D eigenvalue weighted by Crippen LogP contribution is -2.33. The Kier molecular flexibility index (Phi) is 5.87. The zero-order valence-electron chi connectivity index (χ0n) is 12.2. The maximum Gasteiger partial charge on any atom is 0.251 e. The first kappa shape index (κ1) is 14.9. The fourth-order valence-electron chi connectivity index (χ4n) is 2.53. The zero-order chi connectivity index (χ0) is 14.2. The predicted octanol–water partition coefficient (Wildman–Crippen LogP) is 2.30. The molecule has 110 valence electrons. The second-order valence-electron chi connectivity index (χ2n) is 5.24. The van der Waals surface area contributed by atoms with Crippen LogP contribution in [0.5, 0.6) is 5.75 Å². The Morgan fingerprint density at radius 2 is 1.90 bits per heavy atom. The number of ether oxygens (including phenoxy) is 1. The van der Waals surface area contributed by atoms with Crippen molar-refractivity contribution in [2.75, 3.05) is 33.3 Å². The molecule has 0 saturated carbocycles. The number of nitrogens with zero attached hydrogens (tertiary/aromatic N) is 1. The lowest BCUT2D eigenvalue weighted by Gasteiger charge is -2.26. The molecule has 1 amide bonds. The van der Waals surface area contributed by atoms with Crippen LogP contribution in [0.25, 0.3) is 0 Å². The van der Waals surface area contributed by atoms with Crippen molar-refractivity contribution in [3.63, 3.8) is 0 Å². The molecule has 4 heteroatoms. The summed E-state index contributed by atoms with van der Waals surface area (Å²) in [6.45, 7) is 4.25. The van der Waals surface area contributed by atoms with Crippen LogP contribution in [-0.2, 0) is 0 Å². The van der Waals surface area contributed by atoms with Crippen LogP contribution in [0, 0.1) is 0 Å². The van der Waals surface area contributed by atoms with Gasteiger partial charge in [0, 0.05) is 12.1 Å². The number of rotatable bonds is 6. The molecule has 1 aliphatic rings. The number of amides is 1. The summed E-state index contributed by atoms with van der Waals surface area (Å²) in [5.74, 6) is 0.762. The number of carbonyl (C=O) groups excluding carboxylic acids is 1. The van der Waals surface area contributed by atoms with Gasteiger partial charge >= 0.3 is 0 Å². The Labute approximate surface area is 121 Å². The van der Waals surface area contributed by atoms with Crippen LogP contribution in [0.1, 0.15) is 36.0 Å². The highest BCUT2D eigenvalue weighted by atomic mass is 16.5. The average molecular weight is 276 g/mol. The van der Waals surface area contributed by atoms with Crippen LogP contribution < -0.4 is 10.1 Å². The van der Waals surface area contributed by atoms with Gasteiger partial charge in [0.2, 0.25) is 0 Å². The minimum Gasteiger partial charge on any atom is -0.497 e. The lowest BCUT2D eigenvalue weighted by atomic mass is 10.1. The SMILES string of the molecule is COc1ccc(C(=O)NCCCN2CCCCC2)cc1. The molecular formula is C16H24N2O2. The minimum atomic E-state index is -0.00806. The summed E-state index contributed by atoms with van der Waals surface area (Å²) in [5, 5.41) is 2.97. The van der Waals surface area contributed by atoms with Crippen molar-refractivity contribution in [1.29, 1.82) is 0 Å². The second kappa shape index (κ2) is 7.90. The van der Waals surface area contributed by atoms with Crippen molar-refractivity contribution < 1.29 is 9.53 Å². The monoisotopic (exact) mass is 276 g/mol. The van der Waals surface area contributed by atoms with Crippen LogP contribution in [0.4, 0.5) is 0 Å². The number of benzene rings is 1. The average Bonchev–Trinajstić information content (AvgIpc) is 2.52. The molecule has 1 heterocycles. The molecule has 0 aliphatic carbocycles. The lowest BCUT2D eigenvalue weighted by molar-refractivity contribution is 0.0951. The molecule has 1 fully saturated rings. The van der Waals surface area contributed by atoms with Crippen LogP contribution in [-0.4, -0.2) is 44.1 Å². The summed E-state index contributed by atoms with van der Waals surface area (Å²) in [7, 11) is 1.62. The molecule has 0 aromatic heterocycles. The molecule has 0 radical (unpaired) electrons. The van der Waals surface area contributed by atoms with Gasteiger partial charge in [0.25, 0.3) is 5.91 Å². The Balaban J connectivity index is 1.66. The topological polar surface area (TPSA) is 41.6 Å². The largest absolute Gasteiger partial charge is 0.497 e. The van der Waals surface area contributed by atoms with Gasteiger partial charge in [-0.1, -0.05) is 6.42 Å². The van der Waals surface area contributed by atoms with Crippen LogP contribution >= 0.6 is 0 Å². The van der Waals surface area contributed by atoms with E-state index in [1.807, 2.05) is 12.1 Å². The first-order chi connectivity index (χ1) is 9.79. The third kappa shape index (κ3) is 4.53. The Morgan fingerprint density at radius 3 is 2.55 bits per heavy atom. The number of methoxy groups -OCH3 is 1. The highest BCUT2D eigenvalue weighted by Gasteiger charge is 2.09. The van der Waals surface area contributed by atoms with E-state index >= 15 is 0 Å².